The highest BCUT2D eigenvalue weighted by Crippen LogP contribution is 2.36. The third-order valence-corrected chi connectivity index (χ3v) is 6.69. The molecule has 1 saturated carbocycles. The Balaban J connectivity index is 1.38. The number of aromatic nitrogens is 2. The molecule has 3 aliphatic rings. The third kappa shape index (κ3) is 3.77. The fourth-order valence-electron chi connectivity index (χ4n) is 4.12. The maximum Gasteiger partial charge on any atom is 0.498 e. The average Bonchev–Trinajstić information content (AvgIpc) is 3.26. The summed E-state index contributed by atoms with van der Waals surface area (Å²) in [6.07, 6.45) is 7.62. The van der Waals surface area contributed by atoms with Crippen molar-refractivity contribution in [2.24, 2.45) is 0 Å². The molecule has 8 nitrogen and oxygen atoms in total. The van der Waals surface area contributed by atoms with Crippen molar-refractivity contribution in [2.45, 2.75) is 77.2 Å². The van der Waals surface area contributed by atoms with Gasteiger partial charge in [0.1, 0.15) is 5.82 Å². The fourth-order valence-corrected chi connectivity index (χ4v) is 4.12. The molecule has 0 aromatic carbocycles. The summed E-state index contributed by atoms with van der Waals surface area (Å²) >= 11 is 0. The molecule has 0 atom stereocenters. The summed E-state index contributed by atoms with van der Waals surface area (Å²) in [5.41, 5.74) is -0.120. The van der Waals surface area contributed by atoms with Crippen LogP contribution in [0.1, 0.15) is 59.2 Å². The predicted octanol–water partition coefficient (Wildman–Crippen LogP) is 0.889. The van der Waals surface area contributed by atoms with Gasteiger partial charge in [0.2, 0.25) is 0 Å². The first-order chi connectivity index (χ1) is 13.7. The minimum absolute atomic E-state index is 0.226. The molecular formula is C20H29BN4O4. The maximum absolute atomic E-state index is 12.6. The first kappa shape index (κ1) is 20.3. The van der Waals surface area contributed by atoms with Gasteiger partial charge in [-0.25, -0.2) is 9.97 Å². The van der Waals surface area contributed by atoms with Gasteiger partial charge in [-0.2, -0.15) is 0 Å². The zero-order valence-corrected chi connectivity index (χ0v) is 17.7. The van der Waals surface area contributed by atoms with E-state index in [4.69, 9.17) is 9.31 Å². The lowest BCUT2D eigenvalue weighted by atomic mass is 9.81. The van der Waals surface area contributed by atoms with Crippen molar-refractivity contribution < 1.29 is 18.9 Å². The minimum Gasteiger partial charge on any atom is -0.399 e. The van der Waals surface area contributed by atoms with Gasteiger partial charge in [0.15, 0.2) is 0 Å². The Kier molecular flexibility index (Phi) is 5.15. The summed E-state index contributed by atoms with van der Waals surface area (Å²) < 4.78 is 12.0. The third-order valence-electron chi connectivity index (χ3n) is 6.69. The van der Waals surface area contributed by atoms with Crippen molar-refractivity contribution in [1.82, 2.24) is 19.8 Å². The smallest absolute Gasteiger partial charge is 0.399 e. The second-order valence-electron chi connectivity index (χ2n) is 9.18. The highest BCUT2D eigenvalue weighted by molar-refractivity contribution is 6.61. The van der Waals surface area contributed by atoms with Crippen molar-refractivity contribution in [1.29, 1.82) is 0 Å². The number of nitrogens with zero attached hydrogens (tertiary/aromatic N) is 4. The van der Waals surface area contributed by atoms with Crippen LogP contribution in [0.5, 0.6) is 0 Å². The summed E-state index contributed by atoms with van der Waals surface area (Å²) in [5, 5.41) is 0. The van der Waals surface area contributed by atoms with Crippen LogP contribution < -0.4 is 5.46 Å². The van der Waals surface area contributed by atoms with Crippen LogP contribution in [-0.2, 0) is 25.4 Å². The van der Waals surface area contributed by atoms with Crippen LogP contribution in [0.4, 0.5) is 0 Å². The van der Waals surface area contributed by atoms with Gasteiger partial charge in [0.25, 0.3) is 0 Å². The van der Waals surface area contributed by atoms with Gasteiger partial charge in [-0.3, -0.25) is 9.59 Å². The zero-order valence-electron chi connectivity index (χ0n) is 17.7. The number of hydrogen-bond donors (Lipinski definition) is 0. The predicted molar refractivity (Wildman–Crippen MR) is 107 cm³/mol. The SMILES string of the molecule is CC1(C)OB(c2cnc(CN3CCN(C4CCCC4)C(=O)C3=O)nc2)OC1(C)C. The van der Waals surface area contributed by atoms with Crippen LogP contribution in [0.2, 0.25) is 0 Å². The topological polar surface area (TPSA) is 84.9 Å². The zero-order chi connectivity index (χ0) is 20.8. The number of carbonyl (C=O) groups is 2. The second kappa shape index (κ2) is 7.36. The Morgan fingerprint density at radius 2 is 1.59 bits per heavy atom. The second-order valence-corrected chi connectivity index (χ2v) is 9.18. The van der Waals surface area contributed by atoms with Gasteiger partial charge >= 0.3 is 18.9 Å². The van der Waals surface area contributed by atoms with Crippen molar-refractivity contribution in [3.8, 4) is 0 Å². The summed E-state index contributed by atoms with van der Waals surface area (Å²) in [7, 11) is -0.521. The van der Waals surface area contributed by atoms with E-state index in [-0.39, 0.29) is 12.6 Å². The number of hydrogen-bond acceptors (Lipinski definition) is 6. The molecule has 2 amide bonds. The monoisotopic (exact) mass is 400 g/mol. The van der Waals surface area contributed by atoms with Crippen molar-refractivity contribution in [3.05, 3.63) is 18.2 Å². The molecule has 156 valence electrons. The lowest BCUT2D eigenvalue weighted by Gasteiger charge is -2.36. The van der Waals surface area contributed by atoms with Crippen LogP contribution in [0.25, 0.3) is 0 Å². The van der Waals surface area contributed by atoms with Gasteiger partial charge in [0.05, 0.1) is 17.7 Å². The van der Waals surface area contributed by atoms with Gasteiger partial charge in [-0.05, 0) is 40.5 Å². The Bertz CT molecular complexity index is 776. The molecule has 0 spiro atoms. The van der Waals surface area contributed by atoms with E-state index in [0.29, 0.717) is 18.9 Å². The minimum atomic E-state index is -0.521. The number of piperazine rings is 1. The van der Waals surface area contributed by atoms with E-state index < -0.39 is 30.1 Å². The maximum atomic E-state index is 12.6. The Labute approximate surface area is 172 Å². The molecule has 0 radical (unpaired) electrons. The van der Waals surface area contributed by atoms with Crippen molar-refractivity contribution in [3.63, 3.8) is 0 Å². The van der Waals surface area contributed by atoms with Crippen LogP contribution in [0.15, 0.2) is 12.4 Å². The lowest BCUT2D eigenvalue weighted by molar-refractivity contribution is -0.158. The summed E-state index contributed by atoms with van der Waals surface area (Å²) in [4.78, 5) is 37.1. The lowest BCUT2D eigenvalue weighted by Crippen LogP contribution is -2.56. The van der Waals surface area contributed by atoms with E-state index in [1.54, 1.807) is 17.3 Å². The molecule has 1 aromatic heterocycles. The van der Waals surface area contributed by atoms with Crippen molar-refractivity contribution in [2.75, 3.05) is 13.1 Å². The van der Waals surface area contributed by atoms with E-state index in [2.05, 4.69) is 9.97 Å². The van der Waals surface area contributed by atoms with E-state index in [1.165, 1.54) is 4.90 Å². The molecule has 9 heteroatoms. The molecule has 2 saturated heterocycles. The molecule has 1 aliphatic carbocycles. The Morgan fingerprint density at radius 1 is 1.00 bits per heavy atom. The first-order valence-corrected chi connectivity index (χ1v) is 10.4. The van der Waals surface area contributed by atoms with E-state index in [9.17, 15) is 9.59 Å². The van der Waals surface area contributed by atoms with Crippen molar-refractivity contribution >= 4 is 24.4 Å². The average molecular weight is 400 g/mol. The summed E-state index contributed by atoms with van der Waals surface area (Å²) in [6, 6.07) is 0.226. The van der Waals surface area contributed by atoms with Crippen LogP contribution in [0, 0.1) is 0 Å². The highest BCUT2D eigenvalue weighted by Gasteiger charge is 2.52. The van der Waals surface area contributed by atoms with Gasteiger partial charge in [-0.15, -0.1) is 0 Å². The Hall–Kier alpha value is -2.00. The standard InChI is InChI=1S/C20H29BN4O4/c1-19(2)20(3,4)29-21(28-19)14-11-22-16(23-12-14)13-24-9-10-25(18(27)17(24)26)15-7-5-6-8-15/h11-12,15H,5-10,13H2,1-4H3. The number of rotatable bonds is 4. The quantitative estimate of drug-likeness (QED) is 0.551. The first-order valence-electron chi connectivity index (χ1n) is 10.4. The molecule has 0 N–H and O–H groups in total. The number of amides is 2. The van der Waals surface area contributed by atoms with Gasteiger partial charge in [0, 0.05) is 37.0 Å². The molecule has 3 heterocycles. The molecule has 29 heavy (non-hydrogen) atoms. The molecule has 4 rings (SSSR count). The van der Waals surface area contributed by atoms with E-state index in [1.807, 2.05) is 27.7 Å². The van der Waals surface area contributed by atoms with Gasteiger partial charge < -0.3 is 19.1 Å². The van der Waals surface area contributed by atoms with Crippen LogP contribution >= 0.6 is 0 Å². The molecule has 1 aromatic rings. The molecule has 0 bridgehead atoms. The largest absolute Gasteiger partial charge is 0.498 e. The summed E-state index contributed by atoms with van der Waals surface area (Å²) in [6.45, 7) is 9.32. The van der Waals surface area contributed by atoms with E-state index >= 15 is 0 Å². The molecule has 3 fully saturated rings. The molecule has 2 aliphatic heterocycles. The molecular weight excluding hydrogens is 371 g/mol. The van der Waals surface area contributed by atoms with Crippen LogP contribution in [-0.4, -0.2) is 69.0 Å². The highest BCUT2D eigenvalue weighted by atomic mass is 16.7. The van der Waals surface area contributed by atoms with Gasteiger partial charge in [-0.1, -0.05) is 12.8 Å². The molecule has 0 unspecified atom stereocenters. The van der Waals surface area contributed by atoms with E-state index in [0.717, 1.165) is 31.1 Å². The summed E-state index contributed by atoms with van der Waals surface area (Å²) in [5.74, 6) is -0.348. The normalized spacial score (nSPS) is 24.6. The number of carbonyl (C=O) groups excluding carboxylic acids is 2. The van der Waals surface area contributed by atoms with Crippen LogP contribution in [0.3, 0.4) is 0 Å². The fraction of sp³-hybridized carbons (Fsp3) is 0.700. The Morgan fingerprint density at radius 3 is 2.17 bits per heavy atom.